The van der Waals surface area contributed by atoms with Crippen molar-refractivity contribution in [2.45, 2.75) is 24.7 Å². The van der Waals surface area contributed by atoms with Crippen LogP contribution in [-0.2, 0) is 16.1 Å². The Bertz CT molecular complexity index is 1070. The summed E-state index contributed by atoms with van der Waals surface area (Å²) in [5.41, 5.74) is 1.51. The number of anilines is 2. The van der Waals surface area contributed by atoms with Crippen molar-refractivity contribution in [2.24, 2.45) is 0 Å². The second-order valence-corrected chi connectivity index (χ2v) is 9.61. The molecule has 8 nitrogen and oxygen atoms in total. The molecule has 0 bridgehead atoms. The molecule has 0 aliphatic heterocycles. The third kappa shape index (κ3) is 6.38. The van der Waals surface area contributed by atoms with Gasteiger partial charge in [-0.05, 0) is 19.4 Å². The van der Waals surface area contributed by atoms with Crippen molar-refractivity contribution in [3.8, 4) is 0 Å². The summed E-state index contributed by atoms with van der Waals surface area (Å²) in [5, 5.41) is 12.4. The Balaban J connectivity index is 1.77. The van der Waals surface area contributed by atoms with Crippen molar-refractivity contribution in [3.05, 3.63) is 59.1 Å². The Kier molecular flexibility index (Phi) is 8.77. The number of hydrogen-bond acceptors (Lipinski definition) is 10. The van der Waals surface area contributed by atoms with Crippen LogP contribution in [0.1, 0.15) is 27.9 Å². The van der Waals surface area contributed by atoms with Gasteiger partial charge in [0, 0.05) is 6.54 Å². The molecule has 1 amide bonds. The first-order valence-corrected chi connectivity index (χ1v) is 12.4. The van der Waals surface area contributed by atoms with Gasteiger partial charge in [0.05, 0.1) is 24.6 Å². The summed E-state index contributed by atoms with van der Waals surface area (Å²) in [7, 11) is 0. The van der Waals surface area contributed by atoms with Gasteiger partial charge in [0.1, 0.15) is 4.88 Å². The minimum absolute atomic E-state index is 0.140. The number of aromatic nitrogens is 3. The van der Waals surface area contributed by atoms with E-state index in [0.29, 0.717) is 38.3 Å². The molecule has 0 unspecified atom stereocenters. The molecule has 0 atom stereocenters. The summed E-state index contributed by atoms with van der Waals surface area (Å²) in [6.45, 7) is 8.37. The van der Waals surface area contributed by atoms with E-state index in [4.69, 9.17) is 4.74 Å². The Labute approximate surface area is 198 Å². The van der Waals surface area contributed by atoms with Gasteiger partial charge in [-0.2, -0.15) is 0 Å². The predicted octanol–water partition coefficient (Wildman–Crippen LogP) is 4.40. The van der Waals surface area contributed by atoms with E-state index >= 15 is 0 Å². The molecule has 0 saturated carbocycles. The lowest BCUT2D eigenvalue weighted by Crippen LogP contribution is -2.31. The number of benzene rings is 1. The molecular weight excluding hydrogens is 466 g/mol. The predicted molar refractivity (Wildman–Crippen MR) is 130 cm³/mol. The first-order chi connectivity index (χ1) is 15.5. The van der Waals surface area contributed by atoms with Crippen LogP contribution < -0.4 is 10.2 Å². The summed E-state index contributed by atoms with van der Waals surface area (Å²) in [6, 6.07) is 9.65. The van der Waals surface area contributed by atoms with Gasteiger partial charge in [-0.15, -0.1) is 16.8 Å². The molecule has 168 valence electrons. The van der Waals surface area contributed by atoms with Crippen molar-refractivity contribution in [3.63, 3.8) is 0 Å². The zero-order chi connectivity index (χ0) is 22.9. The molecule has 3 aromatic rings. The summed E-state index contributed by atoms with van der Waals surface area (Å²) < 4.78 is 5.80. The quantitative estimate of drug-likeness (QED) is 0.240. The number of thiazole rings is 1. The largest absolute Gasteiger partial charge is 0.462 e. The standard InChI is InChI=1S/C21H23N5O3S3/c1-4-11-22-19-24-25-21(32-19)30-13-16(27)26(12-15-9-7-6-8-10-15)20-23-14(3)17(31-20)18(28)29-5-2/h4,6-10H,1,5,11-13H2,2-3H3,(H,22,24). The van der Waals surface area contributed by atoms with Crippen LogP contribution in [0.15, 0.2) is 47.3 Å². The zero-order valence-electron chi connectivity index (χ0n) is 17.7. The lowest BCUT2D eigenvalue weighted by Gasteiger charge is -2.19. The molecule has 0 spiro atoms. The van der Waals surface area contributed by atoms with E-state index in [9.17, 15) is 9.59 Å². The third-order valence-electron chi connectivity index (χ3n) is 4.08. The number of aryl methyl sites for hydroxylation is 1. The third-order valence-corrected chi connectivity index (χ3v) is 7.24. The fourth-order valence-electron chi connectivity index (χ4n) is 2.61. The van der Waals surface area contributed by atoms with Gasteiger partial charge in [-0.25, -0.2) is 9.78 Å². The van der Waals surface area contributed by atoms with E-state index in [0.717, 1.165) is 16.9 Å². The molecule has 0 radical (unpaired) electrons. The van der Waals surface area contributed by atoms with E-state index < -0.39 is 5.97 Å². The van der Waals surface area contributed by atoms with Crippen LogP contribution in [0.5, 0.6) is 0 Å². The molecule has 1 N–H and O–H groups in total. The van der Waals surface area contributed by atoms with Crippen molar-refractivity contribution < 1.29 is 14.3 Å². The van der Waals surface area contributed by atoms with Gasteiger partial charge in [0.15, 0.2) is 9.47 Å². The van der Waals surface area contributed by atoms with Crippen LogP contribution in [-0.4, -0.2) is 46.0 Å². The molecule has 11 heteroatoms. The number of rotatable bonds is 11. The van der Waals surface area contributed by atoms with Gasteiger partial charge in [0.2, 0.25) is 11.0 Å². The Morgan fingerprint density at radius 3 is 2.75 bits per heavy atom. The number of nitrogens with zero attached hydrogens (tertiary/aromatic N) is 4. The van der Waals surface area contributed by atoms with Crippen LogP contribution >= 0.6 is 34.4 Å². The van der Waals surface area contributed by atoms with Crippen LogP contribution in [0, 0.1) is 6.92 Å². The minimum Gasteiger partial charge on any atom is -0.462 e. The van der Waals surface area contributed by atoms with Crippen molar-refractivity contribution in [1.29, 1.82) is 0 Å². The topological polar surface area (TPSA) is 97.3 Å². The molecule has 32 heavy (non-hydrogen) atoms. The Morgan fingerprint density at radius 2 is 2.03 bits per heavy atom. The maximum atomic E-state index is 13.2. The number of nitrogens with one attached hydrogen (secondary N) is 1. The van der Waals surface area contributed by atoms with Gasteiger partial charge in [0.25, 0.3) is 0 Å². The molecule has 0 saturated heterocycles. The fraction of sp³-hybridized carbons (Fsp3) is 0.286. The highest BCUT2D eigenvalue weighted by Crippen LogP contribution is 2.30. The second kappa shape index (κ2) is 11.7. The highest BCUT2D eigenvalue weighted by atomic mass is 32.2. The molecule has 1 aromatic carbocycles. The van der Waals surface area contributed by atoms with E-state index in [1.807, 2.05) is 30.3 Å². The van der Waals surface area contributed by atoms with Crippen molar-refractivity contribution >= 4 is 56.6 Å². The molecular formula is C21H23N5O3S3. The number of thioether (sulfide) groups is 1. The minimum atomic E-state index is -0.427. The summed E-state index contributed by atoms with van der Waals surface area (Å²) in [4.78, 5) is 31.9. The summed E-state index contributed by atoms with van der Waals surface area (Å²) in [5.74, 6) is -0.404. The normalized spacial score (nSPS) is 10.6. The van der Waals surface area contributed by atoms with E-state index in [2.05, 4.69) is 27.1 Å². The molecule has 2 heterocycles. The number of esters is 1. The fourth-order valence-corrected chi connectivity index (χ4v) is 5.22. The highest BCUT2D eigenvalue weighted by Gasteiger charge is 2.24. The van der Waals surface area contributed by atoms with Gasteiger partial charge in [-0.1, -0.05) is 70.8 Å². The summed E-state index contributed by atoms with van der Waals surface area (Å²) >= 11 is 3.86. The average Bonchev–Trinajstić information content (AvgIpc) is 3.41. The SMILES string of the molecule is C=CCNc1nnc(SCC(=O)N(Cc2ccccc2)c2nc(C)c(C(=O)OCC)s2)s1. The molecule has 2 aromatic heterocycles. The average molecular weight is 490 g/mol. The second-order valence-electron chi connectivity index (χ2n) is 6.43. The van der Waals surface area contributed by atoms with Crippen LogP contribution in [0.2, 0.25) is 0 Å². The van der Waals surface area contributed by atoms with E-state index in [1.165, 1.54) is 23.1 Å². The summed E-state index contributed by atoms with van der Waals surface area (Å²) in [6.07, 6.45) is 1.74. The number of carbonyl (C=O) groups is 2. The number of hydrogen-bond donors (Lipinski definition) is 1. The first kappa shape index (κ1) is 23.9. The highest BCUT2D eigenvalue weighted by molar-refractivity contribution is 8.01. The number of carbonyl (C=O) groups excluding carboxylic acids is 2. The van der Waals surface area contributed by atoms with E-state index in [1.54, 1.807) is 24.8 Å². The van der Waals surface area contributed by atoms with E-state index in [-0.39, 0.29) is 18.3 Å². The maximum absolute atomic E-state index is 13.2. The molecule has 0 fully saturated rings. The Hall–Kier alpha value is -2.76. The number of amides is 1. The molecule has 0 aliphatic carbocycles. The molecule has 0 aliphatic rings. The van der Waals surface area contributed by atoms with Crippen LogP contribution in [0.25, 0.3) is 0 Å². The van der Waals surface area contributed by atoms with Crippen LogP contribution in [0.4, 0.5) is 10.3 Å². The number of ether oxygens (including phenoxy) is 1. The Morgan fingerprint density at radius 1 is 1.25 bits per heavy atom. The van der Waals surface area contributed by atoms with Gasteiger partial charge >= 0.3 is 5.97 Å². The molecule has 3 rings (SSSR count). The van der Waals surface area contributed by atoms with Crippen molar-refractivity contribution in [1.82, 2.24) is 15.2 Å². The zero-order valence-corrected chi connectivity index (χ0v) is 20.2. The monoisotopic (exact) mass is 489 g/mol. The smallest absolute Gasteiger partial charge is 0.350 e. The van der Waals surface area contributed by atoms with Crippen LogP contribution in [0.3, 0.4) is 0 Å². The lowest BCUT2D eigenvalue weighted by atomic mass is 10.2. The van der Waals surface area contributed by atoms with Gasteiger partial charge < -0.3 is 10.1 Å². The van der Waals surface area contributed by atoms with Crippen molar-refractivity contribution in [2.75, 3.05) is 29.1 Å². The lowest BCUT2D eigenvalue weighted by molar-refractivity contribution is -0.116. The maximum Gasteiger partial charge on any atom is 0.350 e. The first-order valence-electron chi connectivity index (χ1n) is 9.81. The van der Waals surface area contributed by atoms with Gasteiger partial charge in [-0.3, -0.25) is 9.69 Å².